The number of pyridine rings is 1. The number of nitrogens with one attached hydrogen (secondary N) is 1. The first-order valence-corrected chi connectivity index (χ1v) is 12.4. The van der Waals surface area contributed by atoms with Crippen LogP contribution in [-0.4, -0.2) is 42.8 Å². The molecular weight excluding hydrogens is 422 g/mol. The van der Waals surface area contributed by atoms with Crippen molar-refractivity contribution in [3.05, 3.63) is 65.8 Å². The van der Waals surface area contributed by atoms with Crippen molar-refractivity contribution in [2.75, 3.05) is 18.6 Å². The molecule has 1 aromatic carbocycles. The van der Waals surface area contributed by atoms with Gasteiger partial charge in [0.15, 0.2) is 9.84 Å². The summed E-state index contributed by atoms with van der Waals surface area (Å²) in [5.74, 6) is -0.676. The van der Waals surface area contributed by atoms with Gasteiger partial charge in [0.05, 0.1) is 11.4 Å². The Hall–Kier alpha value is -2.65. The van der Waals surface area contributed by atoms with Crippen LogP contribution in [0.4, 0.5) is 0 Å². The minimum Gasteiger partial charge on any atom is -0.441 e. The summed E-state index contributed by atoms with van der Waals surface area (Å²) in [4.78, 5) is 21.5. The Kier molecular flexibility index (Phi) is 7.28. The van der Waals surface area contributed by atoms with E-state index in [0.29, 0.717) is 30.3 Å². The van der Waals surface area contributed by atoms with Gasteiger partial charge in [-0.2, -0.15) is 0 Å². The summed E-state index contributed by atoms with van der Waals surface area (Å²) in [5.41, 5.74) is 2.06. The van der Waals surface area contributed by atoms with Crippen molar-refractivity contribution >= 4 is 27.5 Å². The molecule has 3 rings (SSSR count). The first-order valence-electron chi connectivity index (χ1n) is 9.33. The minimum atomic E-state index is -3.68. The molecule has 0 saturated heterocycles. The number of hydrogen-bond acceptors (Lipinski definition) is 7. The number of oxazole rings is 1. The number of carbonyl (C=O) groups is 1. The van der Waals surface area contributed by atoms with E-state index in [1.807, 2.05) is 42.7 Å². The average molecular weight is 446 g/mol. The van der Waals surface area contributed by atoms with Gasteiger partial charge < -0.3 is 9.73 Å². The van der Waals surface area contributed by atoms with Crippen molar-refractivity contribution in [3.8, 4) is 11.5 Å². The lowest BCUT2D eigenvalue weighted by atomic mass is 10.2. The lowest BCUT2D eigenvalue weighted by Gasteiger charge is -2.06. The van der Waals surface area contributed by atoms with Gasteiger partial charge in [-0.25, -0.2) is 13.4 Å². The minimum absolute atomic E-state index is 0.321. The highest BCUT2D eigenvalue weighted by Crippen LogP contribution is 2.25. The van der Waals surface area contributed by atoms with Gasteiger partial charge in [-0.3, -0.25) is 9.78 Å². The Morgan fingerprint density at radius 2 is 1.97 bits per heavy atom. The molecule has 7 nitrogen and oxygen atoms in total. The van der Waals surface area contributed by atoms with Gasteiger partial charge in [-0.05, 0) is 55.5 Å². The van der Waals surface area contributed by atoms with E-state index in [9.17, 15) is 13.2 Å². The molecule has 0 fully saturated rings. The number of thioether (sulfide) groups is 1. The zero-order chi connectivity index (χ0) is 21.6. The summed E-state index contributed by atoms with van der Waals surface area (Å²) in [6, 6.07) is 11.4. The van der Waals surface area contributed by atoms with Crippen LogP contribution in [0.3, 0.4) is 0 Å². The lowest BCUT2D eigenvalue weighted by Crippen LogP contribution is -2.32. The number of hydrogen-bond donors (Lipinski definition) is 1. The molecule has 3 aromatic rings. The average Bonchev–Trinajstić information content (AvgIpc) is 3.08. The van der Waals surface area contributed by atoms with Crippen LogP contribution < -0.4 is 5.32 Å². The Bertz CT molecular complexity index is 1100. The third kappa shape index (κ3) is 6.17. The molecule has 158 valence electrons. The van der Waals surface area contributed by atoms with E-state index in [2.05, 4.69) is 15.3 Å². The Morgan fingerprint density at radius 1 is 1.20 bits per heavy atom. The summed E-state index contributed by atoms with van der Waals surface area (Å²) in [5, 5.41) is 2.64. The summed E-state index contributed by atoms with van der Waals surface area (Å²) in [7, 11) is -3.68. The van der Waals surface area contributed by atoms with Crippen LogP contribution >= 0.6 is 11.8 Å². The van der Waals surface area contributed by atoms with Gasteiger partial charge in [0.25, 0.3) is 0 Å². The maximum atomic E-state index is 12.5. The van der Waals surface area contributed by atoms with Crippen LogP contribution in [0, 0.1) is 6.92 Å². The first kappa shape index (κ1) is 22.0. The van der Waals surface area contributed by atoms with E-state index in [0.717, 1.165) is 16.0 Å². The molecule has 0 radical (unpaired) electrons. The SMILES string of the molecule is CSc1ccc(-c2nc(CS(=O)(=O)CC(=O)NCCc3cccnc3)c(C)o2)cc1. The van der Waals surface area contributed by atoms with Gasteiger partial charge >= 0.3 is 0 Å². The fourth-order valence-electron chi connectivity index (χ4n) is 2.82. The predicted molar refractivity (Wildman–Crippen MR) is 117 cm³/mol. The highest BCUT2D eigenvalue weighted by Gasteiger charge is 2.22. The van der Waals surface area contributed by atoms with Crippen molar-refractivity contribution < 1.29 is 17.6 Å². The predicted octanol–water partition coefficient (Wildman–Crippen LogP) is 3.04. The number of carbonyl (C=O) groups excluding carboxylic acids is 1. The van der Waals surface area contributed by atoms with Crippen LogP contribution in [0.5, 0.6) is 0 Å². The highest BCUT2D eigenvalue weighted by molar-refractivity contribution is 7.98. The third-order valence-corrected chi connectivity index (χ3v) is 6.55. The van der Waals surface area contributed by atoms with E-state index in [1.54, 1.807) is 31.1 Å². The fraction of sp³-hybridized carbons (Fsp3) is 0.286. The molecule has 0 saturated carbocycles. The molecule has 0 aliphatic heterocycles. The van der Waals surface area contributed by atoms with E-state index in [1.165, 1.54) is 0 Å². The summed E-state index contributed by atoms with van der Waals surface area (Å²) in [6.07, 6.45) is 5.96. The zero-order valence-corrected chi connectivity index (χ0v) is 18.4. The molecular formula is C21H23N3O4S2. The third-order valence-electron chi connectivity index (χ3n) is 4.40. The standard InChI is InChI=1S/C21H23N3O4S2/c1-15-19(24-21(28-15)17-5-7-18(29-2)8-6-17)13-30(26,27)14-20(25)23-11-9-16-4-3-10-22-12-16/h3-8,10,12H,9,11,13-14H2,1-2H3,(H,23,25). The van der Waals surface area contributed by atoms with Gasteiger partial charge in [-0.15, -0.1) is 11.8 Å². The smallest absolute Gasteiger partial charge is 0.235 e. The van der Waals surface area contributed by atoms with Gasteiger partial charge in [0, 0.05) is 29.4 Å². The van der Waals surface area contributed by atoms with Crippen molar-refractivity contribution in [1.82, 2.24) is 15.3 Å². The van der Waals surface area contributed by atoms with E-state index in [-0.39, 0.29) is 5.75 Å². The molecule has 9 heteroatoms. The van der Waals surface area contributed by atoms with Crippen molar-refractivity contribution in [2.24, 2.45) is 0 Å². The summed E-state index contributed by atoms with van der Waals surface area (Å²) >= 11 is 1.63. The molecule has 1 N–H and O–H groups in total. The van der Waals surface area contributed by atoms with Gasteiger partial charge in [0.2, 0.25) is 11.8 Å². The molecule has 0 spiro atoms. The van der Waals surface area contributed by atoms with Crippen LogP contribution in [-0.2, 0) is 26.8 Å². The van der Waals surface area contributed by atoms with Crippen LogP contribution in [0.1, 0.15) is 17.0 Å². The van der Waals surface area contributed by atoms with Crippen LogP contribution in [0.15, 0.2) is 58.1 Å². The van der Waals surface area contributed by atoms with Crippen molar-refractivity contribution in [1.29, 1.82) is 0 Å². The maximum Gasteiger partial charge on any atom is 0.235 e. The van der Waals surface area contributed by atoms with Crippen molar-refractivity contribution in [3.63, 3.8) is 0 Å². The molecule has 2 aromatic heterocycles. The zero-order valence-electron chi connectivity index (χ0n) is 16.8. The van der Waals surface area contributed by atoms with E-state index in [4.69, 9.17) is 4.42 Å². The quantitative estimate of drug-likeness (QED) is 0.505. The van der Waals surface area contributed by atoms with Crippen LogP contribution in [0.2, 0.25) is 0 Å². The van der Waals surface area contributed by atoms with Crippen molar-refractivity contribution in [2.45, 2.75) is 24.0 Å². The second-order valence-electron chi connectivity index (χ2n) is 6.74. The van der Waals surface area contributed by atoms with Gasteiger partial charge in [-0.1, -0.05) is 6.07 Å². The fourth-order valence-corrected chi connectivity index (χ4v) is 4.52. The summed E-state index contributed by atoms with van der Waals surface area (Å²) < 4.78 is 30.6. The first-order chi connectivity index (χ1) is 14.4. The molecule has 0 aliphatic carbocycles. The van der Waals surface area contributed by atoms with E-state index >= 15 is 0 Å². The number of nitrogens with zero attached hydrogens (tertiary/aromatic N) is 2. The molecule has 0 aliphatic rings. The van der Waals surface area contributed by atoms with E-state index < -0.39 is 21.5 Å². The monoisotopic (exact) mass is 445 g/mol. The normalized spacial score (nSPS) is 11.4. The molecule has 30 heavy (non-hydrogen) atoms. The highest BCUT2D eigenvalue weighted by atomic mass is 32.2. The number of benzene rings is 1. The largest absolute Gasteiger partial charge is 0.441 e. The second kappa shape index (κ2) is 9.90. The number of rotatable bonds is 9. The number of aryl methyl sites for hydroxylation is 1. The molecule has 0 unspecified atom stereocenters. The second-order valence-corrected chi connectivity index (χ2v) is 9.69. The number of sulfone groups is 1. The molecule has 0 bridgehead atoms. The maximum absolute atomic E-state index is 12.5. The molecule has 0 atom stereocenters. The summed E-state index contributed by atoms with van der Waals surface area (Å²) in [6.45, 7) is 2.02. The Morgan fingerprint density at radius 3 is 2.63 bits per heavy atom. The Labute approximate surface area is 180 Å². The number of amides is 1. The molecule has 1 amide bonds. The number of aromatic nitrogens is 2. The van der Waals surface area contributed by atoms with Gasteiger partial charge in [0.1, 0.15) is 11.5 Å². The Balaban J connectivity index is 1.57. The molecule has 2 heterocycles. The van der Waals surface area contributed by atoms with Crippen LogP contribution in [0.25, 0.3) is 11.5 Å². The lowest BCUT2D eigenvalue weighted by molar-refractivity contribution is -0.118. The topological polar surface area (TPSA) is 102 Å².